The molecule has 0 spiro atoms. The topological polar surface area (TPSA) is 104 Å². The van der Waals surface area contributed by atoms with Crippen LogP contribution in [0.5, 0.6) is 0 Å². The highest BCUT2D eigenvalue weighted by Crippen LogP contribution is 2.29. The second kappa shape index (κ2) is 7.99. The third kappa shape index (κ3) is 3.48. The summed E-state index contributed by atoms with van der Waals surface area (Å²) in [7, 11) is 2.08. The van der Waals surface area contributed by atoms with Crippen molar-refractivity contribution in [2.75, 3.05) is 49.2 Å². The van der Waals surface area contributed by atoms with E-state index in [1.165, 1.54) is 6.07 Å². The average Bonchev–Trinajstić information content (AvgIpc) is 3.44. The van der Waals surface area contributed by atoms with Gasteiger partial charge in [-0.15, -0.1) is 5.10 Å². The number of nitrogens with two attached hydrogens (primary N) is 1. The first-order valence-electron chi connectivity index (χ1n) is 11.2. The first kappa shape index (κ1) is 20.4. The molecular weight excluding hydrogens is 433 g/mol. The first-order valence-corrected chi connectivity index (χ1v) is 11.2. The molecule has 0 saturated carbocycles. The monoisotopic (exact) mass is 457 g/mol. The molecule has 0 amide bonds. The van der Waals surface area contributed by atoms with E-state index in [-0.39, 0.29) is 5.82 Å². The fraction of sp³-hybridized carbons (Fsp3) is 0.208. The summed E-state index contributed by atoms with van der Waals surface area (Å²) in [5.74, 6) is 1.06. The maximum Gasteiger partial charge on any atom is 0.231 e. The van der Waals surface area contributed by atoms with Crippen LogP contribution in [0.15, 0.2) is 54.7 Å². The van der Waals surface area contributed by atoms with Gasteiger partial charge in [-0.25, -0.2) is 9.07 Å². The number of nitrogens with one attached hydrogen (secondary N) is 2. The minimum absolute atomic E-state index is 0.276. The Hall–Kier alpha value is -4.18. The second-order valence-electron chi connectivity index (χ2n) is 8.51. The molecular formula is C24H24FN9. The number of hydrogen-bond donors (Lipinski definition) is 3. The molecule has 3 aromatic heterocycles. The van der Waals surface area contributed by atoms with Gasteiger partial charge in [0.25, 0.3) is 0 Å². The Morgan fingerprint density at radius 2 is 1.82 bits per heavy atom. The van der Waals surface area contributed by atoms with E-state index < -0.39 is 0 Å². The SMILES string of the molecule is CN1CCN(c2ccc(Nc3nc(-n4nc(N)c5ccccc54)c4cc[nH]c4n3)cc2F)CC1. The van der Waals surface area contributed by atoms with Gasteiger partial charge in [0.1, 0.15) is 11.5 Å². The number of nitrogen functional groups attached to an aromatic ring is 1. The number of nitrogens with zero attached hydrogens (tertiary/aromatic N) is 6. The number of hydrogen-bond acceptors (Lipinski definition) is 7. The number of aromatic nitrogens is 5. The molecule has 172 valence electrons. The van der Waals surface area contributed by atoms with Gasteiger partial charge in [-0.1, -0.05) is 12.1 Å². The van der Waals surface area contributed by atoms with Gasteiger partial charge in [-0.2, -0.15) is 9.97 Å². The van der Waals surface area contributed by atoms with E-state index in [0.717, 1.165) is 42.5 Å². The van der Waals surface area contributed by atoms with Crippen molar-refractivity contribution in [3.8, 4) is 5.82 Å². The Balaban J connectivity index is 1.36. The predicted octanol–water partition coefficient (Wildman–Crippen LogP) is 3.51. The Kier molecular flexibility index (Phi) is 4.80. The zero-order chi connectivity index (χ0) is 23.2. The molecule has 6 rings (SSSR count). The minimum Gasteiger partial charge on any atom is -0.382 e. The van der Waals surface area contributed by atoms with Crippen LogP contribution in [0.25, 0.3) is 27.8 Å². The van der Waals surface area contributed by atoms with E-state index in [0.29, 0.717) is 34.6 Å². The quantitative estimate of drug-likeness (QED) is 0.379. The van der Waals surface area contributed by atoms with Gasteiger partial charge in [0.15, 0.2) is 11.6 Å². The third-order valence-corrected chi connectivity index (χ3v) is 6.26. The minimum atomic E-state index is -0.276. The Morgan fingerprint density at radius 3 is 2.65 bits per heavy atom. The van der Waals surface area contributed by atoms with Gasteiger partial charge in [0.2, 0.25) is 5.95 Å². The molecule has 1 aliphatic rings. The van der Waals surface area contributed by atoms with Crippen LogP contribution in [0.4, 0.5) is 27.5 Å². The van der Waals surface area contributed by atoms with Crippen molar-refractivity contribution >= 4 is 45.1 Å². The maximum atomic E-state index is 15.0. The lowest BCUT2D eigenvalue weighted by atomic mass is 10.2. The van der Waals surface area contributed by atoms with Crippen molar-refractivity contribution in [2.24, 2.45) is 0 Å². The van der Waals surface area contributed by atoms with Crippen molar-refractivity contribution < 1.29 is 4.39 Å². The van der Waals surface area contributed by atoms with E-state index in [4.69, 9.17) is 10.7 Å². The number of rotatable bonds is 4. The second-order valence-corrected chi connectivity index (χ2v) is 8.51. The van der Waals surface area contributed by atoms with Crippen LogP contribution in [-0.2, 0) is 0 Å². The van der Waals surface area contributed by atoms with Crippen LogP contribution in [0.1, 0.15) is 0 Å². The fourth-order valence-electron chi connectivity index (χ4n) is 4.41. The van der Waals surface area contributed by atoms with E-state index in [9.17, 15) is 4.39 Å². The number of likely N-dealkylation sites (N-methyl/N-ethyl adjacent to an activating group) is 1. The number of fused-ring (bicyclic) bond motifs is 2. The zero-order valence-corrected chi connectivity index (χ0v) is 18.7. The summed E-state index contributed by atoms with van der Waals surface area (Å²) in [6, 6.07) is 14.7. The summed E-state index contributed by atoms with van der Waals surface area (Å²) in [4.78, 5) is 16.7. The molecule has 5 aromatic rings. The maximum absolute atomic E-state index is 15.0. The lowest BCUT2D eigenvalue weighted by molar-refractivity contribution is 0.311. The lowest BCUT2D eigenvalue weighted by Gasteiger charge is -2.34. The molecule has 34 heavy (non-hydrogen) atoms. The average molecular weight is 458 g/mol. The molecule has 1 fully saturated rings. The normalized spacial score (nSPS) is 14.8. The number of H-pyrrole nitrogens is 1. The van der Waals surface area contributed by atoms with Crippen LogP contribution in [-0.4, -0.2) is 62.9 Å². The summed E-state index contributed by atoms with van der Waals surface area (Å²) in [5, 5.41) is 9.31. The third-order valence-electron chi connectivity index (χ3n) is 6.26. The number of para-hydroxylation sites is 1. The van der Waals surface area contributed by atoms with E-state index in [2.05, 4.69) is 37.2 Å². The Labute approximate surface area is 195 Å². The Morgan fingerprint density at radius 1 is 1.00 bits per heavy atom. The standard InChI is InChI=1S/C24H24FN9/c1-32-10-12-33(13-11-32)20-7-6-15(14-18(20)25)28-24-29-22-17(8-9-27-22)23(30-24)34-19-5-3-2-4-16(19)21(26)31-34/h2-9,14H,10-13H2,1H3,(H2,26,31)(H2,27,28,29,30). The van der Waals surface area contributed by atoms with Crippen LogP contribution < -0.4 is 16.0 Å². The number of aromatic amines is 1. The van der Waals surface area contributed by atoms with Crippen molar-refractivity contribution in [3.63, 3.8) is 0 Å². The van der Waals surface area contributed by atoms with Gasteiger partial charge >= 0.3 is 0 Å². The molecule has 4 N–H and O–H groups in total. The van der Waals surface area contributed by atoms with Crippen molar-refractivity contribution in [1.29, 1.82) is 0 Å². The summed E-state index contributed by atoms with van der Waals surface area (Å²) in [5.41, 5.74) is 8.81. The molecule has 0 aliphatic carbocycles. The van der Waals surface area contributed by atoms with Crippen LogP contribution in [0.3, 0.4) is 0 Å². The van der Waals surface area contributed by atoms with Gasteiger partial charge in [-0.05, 0) is 43.4 Å². The molecule has 4 heterocycles. The summed E-state index contributed by atoms with van der Waals surface area (Å²) < 4.78 is 16.7. The molecule has 9 nitrogen and oxygen atoms in total. The van der Waals surface area contributed by atoms with Gasteiger partial charge in [0.05, 0.1) is 16.6 Å². The first-order chi connectivity index (χ1) is 16.6. The highest BCUT2D eigenvalue weighted by atomic mass is 19.1. The predicted molar refractivity (Wildman–Crippen MR) is 132 cm³/mol. The number of anilines is 4. The van der Waals surface area contributed by atoms with E-state index in [1.807, 2.05) is 36.4 Å². The molecule has 0 unspecified atom stereocenters. The summed E-state index contributed by atoms with van der Waals surface area (Å²) in [6.07, 6.45) is 1.80. The smallest absolute Gasteiger partial charge is 0.231 e. The summed E-state index contributed by atoms with van der Waals surface area (Å²) >= 11 is 0. The molecule has 0 radical (unpaired) electrons. The number of benzene rings is 2. The highest BCUT2D eigenvalue weighted by molar-refractivity contribution is 5.93. The molecule has 10 heteroatoms. The largest absolute Gasteiger partial charge is 0.382 e. The molecule has 1 aliphatic heterocycles. The molecule has 2 aromatic carbocycles. The zero-order valence-electron chi connectivity index (χ0n) is 18.7. The highest BCUT2D eigenvalue weighted by Gasteiger charge is 2.19. The van der Waals surface area contributed by atoms with Crippen molar-refractivity contribution in [1.82, 2.24) is 29.6 Å². The van der Waals surface area contributed by atoms with E-state index in [1.54, 1.807) is 16.9 Å². The Bertz CT molecular complexity index is 1500. The number of halogens is 1. The summed E-state index contributed by atoms with van der Waals surface area (Å²) in [6.45, 7) is 3.44. The molecule has 1 saturated heterocycles. The number of piperazine rings is 1. The van der Waals surface area contributed by atoms with Gasteiger partial charge in [-0.3, -0.25) is 0 Å². The lowest BCUT2D eigenvalue weighted by Crippen LogP contribution is -2.44. The van der Waals surface area contributed by atoms with Crippen LogP contribution in [0.2, 0.25) is 0 Å². The van der Waals surface area contributed by atoms with Crippen molar-refractivity contribution in [2.45, 2.75) is 0 Å². The fourth-order valence-corrected chi connectivity index (χ4v) is 4.41. The molecule has 0 bridgehead atoms. The molecule has 0 atom stereocenters. The van der Waals surface area contributed by atoms with Gasteiger partial charge < -0.3 is 25.8 Å². The van der Waals surface area contributed by atoms with Crippen LogP contribution >= 0.6 is 0 Å². The van der Waals surface area contributed by atoms with Crippen molar-refractivity contribution in [3.05, 3.63) is 60.5 Å². The van der Waals surface area contributed by atoms with E-state index >= 15 is 0 Å². The van der Waals surface area contributed by atoms with Crippen LogP contribution in [0, 0.1) is 5.82 Å². The van der Waals surface area contributed by atoms with Gasteiger partial charge in [0, 0.05) is 43.4 Å².